The molecule has 0 fully saturated rings. The smallest absolute Gasteiger partial charge is 0.0216 e. The Bertz CT molecular complexity index is 334. The van der Waals surface area contributed by atoms with E-state index in [9.17, 15) is 0 Å². The van der Waals surface area contributed by atoms with E-state index in [1.165, 1.54) is 31.2 Å². The van der Waals surface area contributed by atoms with Crippen molar-refractivity contribution in [2.75, 3.05) is 0 Å². The first kappa shape index (κ1) is 9.76. The second-order valence-electron chi connectivity index (χ2n) is 4.84. The van der Waals surface area contributed by atoms with Crippen LogP contribution in [-0.4, -0.2) is 0 Å². The third-order valence-electron chi connectivity index (χ3n) is 3.35. The summed E-state index contributed by atoms with van der Waals surface area (Å²) >= 11 is 0. The van der Waals surface area contributed by atoms with E-state index in [2.05, 4.69) is 32.9 Å². The standard InChI is InChI=1S/C14H20/c1-10(2)14-9-13-7-5-4-6-12(13)8-11(14)3/h8-10H,4-7H2,1-3H3. The first-order valence-corrected chi connectivity index (χ1v) is 5.81. The SMILES string of the molecule is Cc1cc2c(cc1C(C)C)CCCC2. The van der Waals surface area contributed by atoms with Crippen LogP contribution in [0.15, 0.2) is 12.1 Å². The van der Waals surface area contributed by atoms with E-state index in [4.69, 9.17) is 0 Å². The van der Waals surface area contributed by atoms with Gasteiger partial charge in [-0.1, -0.05) is 26.0 Å². The predicted octanol–water partition coefficient (Wildman–Crippen LogP) is 4.00. The normalized spacial score (nSPS) is 15.7. The van der Waals surface area contributed by atoms with Crippen LogP contribution in [0, 0.1) is 6.92 Å². The maximum atomic E-state index is 2.45. The second-order valence-corrected chi connectivity index (χ2v) is 4.84. The Labute approximate surface area is 87.3 Å². The zero-order valence-electron chi connectivity index (χ0n) is 9.56. The number of hydrogen-bond acceptors (Lipinski definition) is 0. The summed E-state index contributed by atoms with van der Waals surface area (Å²) in [6.45, 7) is 6.83. The van der Waals surface area contributed by atoms with E-state index in [1.54, 1.807) is 16.7 Å². The average Bonchev–Trinajstić information content (AvgIpc) is 2.16. The molecule has 1 aliphatic carbocycles. The molecule has 0 saturated heterocycles. The van der Waals surface area contributed by atoms with E-state index in [0.29, 0.717) is 5.92 Å². The van der Waals surface area contributed by atoms with Gasteiger partial charge in [-0.3, -0.25) is 0 Å². The van der Waals surface area contributed by atoms with Gasteiger partial charge in [0.25, 0.3) is 0 Å². The van der Waals surface area contributed by atoms with E-state index in [0.717, 1.165) is 0 Å². The third kappa shape index (κ3) is 1.70. The van der Waals surface area contributed by atoms with Crippen molar-refractivity contribution in [3.63, 3.8) is 0 Å². The first-order valence-electron chi connectivity index (χ1n) is 5.81. The molecule has 0 N–H and O–H groups in total. The number of aryl methyl sites for hydroxylation is 3. The molecule has 1 aromatic carbocycles. The largest absolute Gasteiger partial charge is 0.0587 e. The van der Waals surface area contributed by atoms with Gasteiger partial charge in [-0.05, 0) is 60.8 Å². The summed E-state index contributed by atoms with van der Waals surface area (Å²) in [5, 5.41) is 0. The lowest BCUT2D eigenvalue weighted by molar-refractivity contribution is 0.681. The Kier molecular flexibility index (Phi) is 2.62. The van der Waals surface area contributed by atoms with Crippen LogP contribution >= 0.6 is 0 Å². The monoisotopic (exact) mass is 188 g/mol. The van der Waals surface area contributed by atoms with Crippen molar-refractivity contribution in [1.82, 2.24) is 0 Å². The van der Waals surface area contributed by atoms with Gasteiger partial charge in [-0.2, -0.15) is 0 Å². The Morgan fingerprint density at radius 2 is 1.57 bits per heavy atom. The molecule has 0 saturated carbocycles. The van der Waals surface area contributed by atoms with Crippen molar-refractivity contribution in [2.45, 2.75) is 52.4 Å². The molecule has 0 heteroatoms. The van der Waals surface area contributed by atoms with Gasteiger partial charge < -0.3 is 0 Å². The molecule has 0 unspecified atom stereocenters. The van der Waals surface area contributed by atoms with Crippen LogP contribution in [0.1, 0.15) is 54.9 Å². The molecule has 0 bridgehead atoms. The van der Waals surface area contributed by atoms with Gasteiger partial charge in [0.1, 0.15) is 0 Å². The summed E-state index contributed by atoms with van der Waals surface area (Å²) in [4.78, 5) is 0. The highest BCUT2D eigenvalue weighted by molar-refractivity contribution is 5.40. The van der Waals surface area contributed by atoms with Crippen LogP contribution in [-0.2, 0) is 12.8 Å². The van der Waals surface area contributed by atoms with Gasteiger partial charge in [0.2, 0.25) is 0 Å². The molecule has 2 rings (SSSR count). The molecule has 1 aromatic rings. The lowest BCUT2D eigenvalue weighted by atomic mass is 9.86. The second kappa shape index (κ2) is 3.76. The van der Waals surface area contributed by atoms with Crippen molar-refractivity contribution in [2.24, 2.45) is 0 Å². The molecule has 0 radical (unpaired) electrons. The van der Waals surface area contributed by atoms with Gasteiger partial charge in [-0.25, -0.2) is 0 Å². The van der Waals surface area contributed by atoms with Crippen molar-refractivity contribution >= 4 is 0 Å². The molecular formula is C14H20. The van der Waals surface area contributed by atoms with Crippen molar-refractivity contribution in [3.05, 3.63) is 34.4 Å². The highest BCUT2D eigenvalue weighted by Gasteiger charge is 2.12. The van der Waals surface area contributed by atoms with Crippen molar-refractivity contribution in [1.29, 1.82) is 0 Å². The van der Waals surface area contributed by atoms with Crippen LogP contribution in [0.4, 0.5) is 0 Å². The van der Waals surface area contributed by atoms with E-state index in [-0.39, 0.29) is 0 Å². The number of hydrogen-bond donors (Lipinski definition) is 0. The van der Waals surface area contributed by atoms with Crippen molar-refractivity contribution < 1.29 is 0 Å². The molecule has 0 nitrogen and oxygen atoms in total. The fourth-order valence-corrected chi connectivity index (χ4v) is 2.55. The third-order valence-corrected chi connectivity index (χ3v) is 3.35. The molecule has 0 heterocycles. The summed E-state index contributed by atoms with van der Waals surface area (Å²) in [7, 11) is 0. The van der Waals surface area contributed by atoms with E-state index in [1.807, 2.05) is 0 Å². The van der Waals surface area contributed by atoms with Gasteiger partial charge in [-0.15, -0.1) is 0 Å². The Hall–Kier alpha value is -0.780. The molecule has 0 amide bonds. The highest BCUT2D eigenvalue weighted by Crippen LogP contribution is 2.28. The van der Waals surface area contributed by atoms with Gasteiger partial charge in [0.15, 0.2) is 0 Å². The molecule has 0 spiro atoms. The molecular weight excluding hydrogens is 168 g/mol. The topological polar surface area (TPSA) is 0 Å². The van der Waals surface area contributed by atoms with Crippen LogP contribution < -0.4 is 0 Å². The van der Waals surface area contributed by atoms with Crippen molar-refractivity contribution in [3.8, 4) is 0 Å². The van der Waals surface area contributed by atoms with Crippen LogP contribution in [0.25, 0.3) is 0 Å². The van der Waals surface area contributed by atoms with Crippen LogP contribution in [0.3, 0.4) is 0 Å². The fourth-order valence-electron chi connectivity index (χ4n) is 2.55. The molecule has 0 aromatic heterocycles. The maximum Gasteiger partial charge on any atom is -0.0216 e. The minimum Gasteiger partial charge on any atom is -0.0587 e. The zero-order chi connectivity index (χ0) is 10.1. The zero-order valence-corrected chi connectivity index (χ0v) is 9.56. The quantitative estimate of drug-likeness (QED) is 0.625. The summed E-state index contributed by atoms with van der Waals surface area (Å²) in [6.07, 6.45) is 5.37. The summed E-state index contributed by atoms with van der Waals surface area (Å²) in [6, 6.07) is 4.87. The Balaban J connectivity index is 2.45. The maximum absolute atomic E-state index is 2.45. The lowest BCUT2D eigenvalue weighted by Crippen LogP contribution is -2.05. The number of fused-ring (bicyclic) bond motifs is 1. The number of benzene rings is 1. The summed E-state index contributed by atoms with van der Waals surface area (Å²) in [5.74, 6) is 0.669. The molecule has 76 valence electrons. The van der Waals surface area contributed by atoms with Gasteiger partial charge >= 0.3 is 0 Å². The van der Waals surface area contributed by atoms with E-state index >= 15 is 0 Å². The minimum absolute atomic E-state index is 0.669. The molecule has 1 aliphatic rings. The Morgan fingerprint density at radius 1 is 1.00 bits per heavy atom. The molecule has 0 aliphatic heterocycles. The van der Waals surface area contributed by atoms with Gasteiger partial charge in [0, 0.05) is 0 Å². The Morgan fingerprint density at radius 3 is 2.14 bits per heavy atom. The van der Waals surface area contributed by atoms with E-state index < -0.39 is 0 Å². The first-order chi connectivity index (χ1) is 6.68. The van der Waals surface area contributed by atoms with Gasteiger partial charge in [0.05, 0.1) is 0 Å². The van der Waals surface area contributed by atoms with Crippen LogP contribution in [0.2, 0.25) is 0 Å². The minimum atomic E-state index is 0.669. The van der Waals surface area contributed by atoms with Crippen LogP contribution in [0.5, 0.6) is 0 Å². The molecule has 14 heavy (non-hydrogen) atoms. The predicted molar refractivity (Wildman–Crippen MR) is 61.9 cm³/mol. The average molecular weight is 188 g/mol. The number of rotatable bonds is 1. The highest BCUT2D eigenvalue weighted by atomic mass is 14.2. The summed E-state index contributed by atoms with van der Waals surface area (Å²) in [5.41, 5.74) is 6.26. The molecule has 0 atom stereocenters. The lowest BCUT2D eigenvalue weighted by Gasteiger charge is -2.20. The fraction of sp³-hybridized carbons (Fsp3) is 0.571. The summed E-state index contributed by atoms with van der Waals surface area (Å²) < 4.78 is 0.